The lowest BCUT2D eigenvalue weighted by Gasteiger charge is -2.35. The van der Waals surface area contributed by atoms with Crippen molar-refractivity contribution in [1.82, 2.24) is 19.8 Å². The molecule has 1 aromatic carbocycles. The normalized spacial score (nSPS) is 17.8. The number of piperazine rings is 1. The molecule has 0 aliphatic carbocycles. The second-order valence-electron chi connectivity index (χ2n) is 6.36. The van der Waals surface area contributed by atoms with Gasteiger partial charge in [0, 0.05) is 60.4 Å². The van der Waals surface area contributed by atoms with Crippen molar-refractivity contribution < 1.29 is 0 Å². The van der Waals surface area contributed by atoms with E-state index < -0.39 is 0 Å². The van der Waals surface area contributed by atoms with Gasteiger partial charge in [-0.2, -0.15) is 0 Å². The zero-order valence-electron chi connectivity index (χ0n) is 14.6. The monoisotopic (exact) mass is 408 g/mol. The van der Waals surface area contributed by atoms with Crippen molar-refractivity contribution in [2.24, 2.45) is 7.05 Å². The first kappa shape index (κ1) is 19.4. The highest BCUT2D eigenvalue weighted by atomic mass is 35.5. The zero-order valence-corrected chi connectivity index (χ0v) is 16.9. The van der Waals surface area contributed by atoms with Crippen LogP contribution in [0.2, 0.25) is 5.02 Å². The highest BCUT2D eigenvalue weighted by molar-refractivity contribution is 7.15. The van der Waals surface area contributed by atoms with Gasteiger partial charge < -0.3 is 9.88 Å². The number of rotatable bonds is 4. The minimum absolute atomic E-state index is 0. The molecule has 0 amide bonds. The van der Waals surface area contributed by atoms with E-state index in [4.69, 9.17) is 11.6 Å². The highest BCUT2D eigenvalue weighted by Crippen LogP contribution is 2.31. The van der Waals surface area contributed by atoms with Gasteiger partial charge in [0.15, 0.2) is 0 Å². The average Bonchev–Trinajstić information content (AvgIpc) is 3.25. The number of imidazole rings is 1. The van der Waals surface area contributed by atoms with Gasteiger partial charge in [-0.3, -0.25) is 4.90 Å². The van der Waals surface area contributed by atoms with Gasteiger partial charge in [0.2, 0.25) is 0 Å². The molecule has 1 aliphatic heterocycles. The third-order valence-corrected chi connectivity index (χ3v) is 6.03. The van der Waals surface area contributed by atoms with Gasteiger partial charge in [-0.1, -0.05) is 23.7 Å². The Hall–Kier alpha value is -1.37. The Kier molecular flexibility index (Phi) is 6.37. The number of benzene rings is 1. The predicted molar refractivity (Wildman–Crippen MR) is 111 cm³/mol. The van der Waals surface area contributed by atoms with Crippen molar-refractivity contribution in [3.05, 3.63) is 64.5 Å². The molecule has 1 atom stereocenters. The zero-order chi connectivity index (χ0) is 17.2. The fraction of sp³-hybridized carbons (Fsp3) is 0.316. The highest BCUT2D eigenvalue weighted by Gasteiger charge is 2.27. The molecule has 0 radical (unpaired) electrons. The fourth-order valence-corrected chi connectivity index (χ4v) is 4.49. The number of thiophene rings is 1. The van der Waals surface area contributed by atoms with Gasteiger partial charge in [-0.25, -0.2) is 4.98 Å². The van der Waals surface area contributed by atoms with Crippen molar-refractivity contribution in [3.8, 4) is 10.4 Å². The SMILES string of the molecule is Cl.Cn1ccnc1C1CNCCN1Cc1ccc(-c2ccc(Cl)cc2)s1. The molecule has 2 aromatic heterocycles. The Bertz CT molecular complexity index is 843. The Morgan fingerprint density at radius 3 is 2.77 bits per heavy atom. The first-order valence-corrected chi connectivity index (χ1v) is 9.67. The van der Waals surface area contributed by atoms with Gasteiger partial charge in [0.1, 0.15) is 5.82 Å². The third-order valence-electron chi connectivity index (χ3n) is 4.66. The summed E-state index contributed by atoms with van der Waals surface area (Å²) in [6.45, 7) is 3.96. The molecule has 1 saturated heterocycles. The van der Waals surface area contributed by atoms with Crippen LogP contribution in [0.5, 0.6) is 0 Å². The van der Waals surface area contributed by atoms with Crippen LogP contribution in [0, 0.1) is 0 Å². The molecule has 1 unspecified atom stereocenters. The Labute approximate surface area is 169 Å². The molecule has 4 nitrogen and oxygen atoms in total. The van der Waals surface area contributed by atoms with Gasteiger partial charge in [-0.15, -0.1) is 23.7 Å². The Morgan fingerprint density at radius 1 is 1.23 bits per heavy atom. The van der Waals surface area contributed by atoms with Crippen LogP contribution in [0.1, 0.15) is 16.7 Å². The molecule has 0 spiro atoms. The summed E-state index contributed by atoms with van der Waals surface area (Å²) in [6.07, 6.45) is 3.90. The van der Waals surface area contributed by atoms with Crippen LogP contribution in [-0.4, -0.2) is 34.1 Å². The van der Waals surface area contributed by atoms with Crippen LogP contribution in [0.4, 0.5) is 0 Å². The summed E-state index contributed by atoms with van der Waals surface area (Å²) in [5.74, 6) is 1.13. The number of nitrogens with one attached hydrogen (secondary N) is 1. The molecule has 7 heteroatoms. The standard InChI is InChI=1S/C19H21ClN4S.ClH/c1-23-10-9-22-19(23)17-12-21-8-11-24(17)13-16-6-7-18(25-16)14-2-4-15(20)5-3-14;/h2-7,9-10,17,21H,8,11-13H2,1H3;1H. The number of hydrogen-bond donors (Lipinski definition) is 1. The van der Waals surface area contributed by atoms with E-state index in [0.29, 0.717) is 6.04 Å². The molecule has 0 bridgehead atoms. The summed E-state index contributed by atoms with van der Waals surface area (Å²) < 4.78 is 2.12. The van der Waals surface area contributed by atoms with Crippen LogP contribution in [0.3, 0.4) is 0 Å². The lowest BCUT2D eigenvalue weighted by atomic mass is 10.1. The van der Waals surface area contributed by atoms with Gasteiger partial charge in [0.05, 0.1) is 6.04 Å². The lowest BCUT2D eigenvalue weighted by molar-refractivity contribution is 0.146. The van der Waals surface area contributed by atoms with Crippen molar-refractivity contribution in [1.29, 1.82) is 0 Å². The summed E-state index contributed by atoms with van der Waals surface area (Å²) >= 11 is 7.85. The number of aryl methyl sites for hydroxylation is 1. The molecule has 3 heterocycles. The largest absolute Gasteiger partial charge is 0.337 e. The maximum Gasteiger partial charge on any atom is 0.127 e. The van der Waals surface area contributed by atoms with E-state index in [9.17, 15) is 0 Å². The van der Waals surface area contributed by atoms with E-state index in [1.807, 2.05) is 35.9 Å². The van der Waals surface area contributed by atoms with Gasteiger partial charge >= 0.3 is 0 Å². The van der Waals surface area contributed by atoms with Crippen LogP contribution in [0.15, 0.2) is 48.8 Å². The van der Waals surface area contributed by atoms with E-state index in [0.717, 1.165) is 37.0 Å². The molecule has 138 valence electrons. The number of halogens is 2. The number of aromatic nitrogens is 2. The second kappa shape index (κ2) is 8.55. The van der Waals surface area contributed by atoms with E-state index >= 15 is 0 Å². The van der Waals surface area contributed by atoms with E-state index in [1.54, 1.807) is 0 Å². The molecule has 0 saturated carbocycles. The third kappa shape index (κ3) is 4.13. The molecular weight excluding hydrogens is 387 g/mol. The van der Waals surface area contributed by atoms with Crippen LogP contribution in [-0.2, 0) is 13.6 Å². The summed E-state index contributed by atoms with van der Waals surface area (Å²) in [5, 5.41) is 4.28. The quantitative estimate of drug-likeness (QED) is 0.695. The summed E-state index contributed by atoms with van der Waals surface area (Å²) in [7, 11) is 2.07. The first-order valence-electron chi connectivity index (χ1n) is 8.47. The van der Waals surface area contributed by atoms with Crippen molar-refractivity contribution in [2.75, 3.05) is 19.6 Å². The molecule has 1 aliphatic rings. The van der Waals surface area contributed by atoms with E-state index in [-0.39, 0.29) is 12.4 Å². The minimum Gasteiger partial charge on any atom is -0.337 e. The summed E-state index contributed by atoms with van der Waals surface area (Å²) in [5.41, 5.74) is 1.22. The van der Waals surface area contributed by atoms with E-state index in [2.05, 4.69) is 51.1 Å². The van der Waals surface area contributed by atoms with Gasteiger partial charge in [0.25, 0.3) is 0 Å². The summed E-state index contributed by atoms with van der Waals surface area (Å²) in [6, 6.07) is 12.8. The van der Waals surface area contributed by atoms with Gasteiger partial charge in [-0.05, 0) is 29.8 Å². The molecule has 4 rings (SSSR count). The molecule has 3 aromatic rings. The molecule has 26 heavy (non-hydrogen) atoms. The fourth-order valence-electron chi connectivity index (χ4n) is 3.32. The number of nitrogens with zero attached hydrogens (tertiary/aromatic N) is 3. The maximum atomic E-state index is 5.99. The molecular formula is C19H22Cl2N4S. The van der Waals surface area contributed by atoms with Crippen LogP contribution < -0.4 is 5.32 Å². The van der Waals surface area contributed by atoms with Crippen molar-refractivity contribution >= 4 is 35.3 Å². The number of hydrogen-bond acceptors (Lipinski definition) is 4. The Balaban J connectivity index is 0.00000196. The minimum atomic E-state index is 0. The van der Waals surface area contributed by atoms with Crippen LogP contribution in [0.25, 0.3) is 10.4 Å². The van der Waals surface area contributed by atoms with Crippen molar-refractivity contribution in [3.63, 3.8) is 0 Å². The topological polar surface area (TPSA) is 33.1 Å². The maximum absolute atomic E-state index is 5.99. The van der Waals surface area contributed by atoms with E-state index in [1.165, 1.54) is 15.3 Å². The first-order chi connectivity index (χ1) is 12.2. The Morgan fingerprint density at radius 2 is 2.04 bits per heavy atom. The lowest BCUT2D eigenvalue weighted by Crippen LogP contribution is -2.46. The molecule has 1 N–H and O–H groups in total. The average molecular weight is 409 g/mol. The predicted octanol–water partition coefficient (Wildman–Crippen LogP) is 4.37. The second-order valence-corrected chi connectivity index (χ2v) is 7.96. The molecule has 1 fully saturated rings. The van der Waals surface area contributed by atoms with Crippen molar-refractivity contribution in [2.45, 2.75) is 12.6 Å². The van der Waals surface area contributed by atoms with Crippen LogP contribution >= 0.6 is 35.3 Å². The smallest absolute Gasteiger partial charge is 0.127 e. The summed E-state index contributed by atoms with van der Waals surface area (Å²) in [4.78, 5) is 9.76.